The highest BCUT2D eigenvalue weighted by Gasteiger charge is 2.30. The minimum absolute atomic E-state index is 0.0100. The van der Waals surface area contributed by atoms with E-state index in [1.165, 1.54) is 0 Å². The lowest BCUT2D eigenvalue weighted by Crippen LogP contribution is -2.18. The summed E-state index contributed by atoms with van der Waals surface area (Å²) in [6.45, 7) is 0.0200. The molecular weight excluding hydrogens is 502 g/mol. The van der Waals surface area contributed by atoms with E-state index in [1.54, 1.807) is 60.7 Å². The molecule has 0 amide bonds. The van der Waals surface area contributed by atoms with Gasteiger partial charge in [-0.05, 0) is 60.7 Å². The highest BCUT2D eigenvalue weighted by molar-refractivity contribution is 7.74. The fraction of sp³-hybridized carbons (Fsp3) is 0.0667. The van der Waals surface area contributed by atoms with Crippen LogP contribution in [0.1, 0.15) is 11.5 Å². The second-order valence-corrected chi connectivity index (χ2v) is 13.1. The lowest BCUT2D eigenvalue weighted by atomic mass is 10.4. The molecule has 1 aromatic heterocycles. The van der Waals surface area contributed by atoms with Gasteiger partial charge in [0.2, 0.25) is 0 Å². The van der Waals surface area contributed by atoms with Crippen molar-refractivity contribution in [2.24, 2.45) is 0 Å². The number of benzene rings is 4. The first-order chi connectivity index (χ1) is 18.1. The van der Waals surface area contributed by atoms with Crippen molar-refractivity contribution in [2.45, 2.75) is 13.2 Å². The SMILES string of the molecule is O=P(OCc1ccc(COP(=O)(c2ccccc2)c2ccccc2)o1)(c1ccccc1)c1ccccc1. The van der Waals surface area contributed by atoms with Crippen molar-refractivity contribution in [3.8, 4) is 0 Å². The van der Waals surface area contributed by atoms with Gasteiger partial charge in [-0.2, -0.15) is 0 Å². The van der Waals surface area contributed by atoms with Gasteiger partial charge in [0.1, 0.15) is 24.7 Å². The predicted octanol–water partition coefficient (Wildman–Crippen LogP) is 6.17. The third-order valence-electron chi connectivity index (χ3n) is 5.88. The molecule has 5 aromatic rings. The molecule has 0 aliphatic heterocycles. The Hall–Kier alpha value is -3.46. The van der Waals surface area contributed by atoms with Crippen molar-refractivity contribution in [3.63, 3.8) is 0 Å². The number of hydrogen-bond donors (Lipinski definition) is 0. The standard InChI is InChI=1S/C30H26O5P2/c31-36(27-13-5-1-6-14-27,28-15-7-2-8-16-28)33-23-25-21-22-26(35-25)24-34-37(32,29-17-9-3-10-18-29)30-19-11-4-12-20-30/h1-22H,23-24H2. The minimum Gasteiger partial charge on any atom is -0.461 e. The molecule has 0 spiro atoms. The van der Waals surface area contributed by atoms with Crippen LogP contribution in [0, 0.1) is 0 Å². The summed E-state index contributed by atoms with van der Waals surface area (Å²) in [7, 11) is -6.68. The van der Waals surface area contributed by atoms with Gasteiger partial charge in [-0.1, -0.05) is 72.8 Å². The maximum absolute atomic E-state index is 14.0. The zero-order valence-electron chi connectivity index (χ0n) is 20.1. The summed E-state index contributed by atoms with van der Waals surface area (Å²) in [5, 5.41) is 2.46. The normalized spacial score (nSPS) is 11.9. The van der Waals surface area contributed by atoms with Gasteiger partial charge >= 0.3 is 0 Å². The molecular formula is C30H26O5P2. The highest BCUT2D eigenvalue weighted by atomic mass is 31.2. The number of hydrogen-bond acceptors (Lipinski definition) is 5. The zero-order valence-corrected chi connectivity index (χ0v) is 21.8. The van der Waals surface area contributed by atoms with Crippen molar-refractivity contribution in [1.82, 2.24) is 0 Å². The van der Waals surface area contributed by atoms with Crippen molar-refractivity contribution in [2.75, 3.05) is 0 Å². The van der Waals surface area contributed by atoms with Crippen molar-refractivity contribution < 1.29 is 22.6 Å². The quantitative estimate of drug-likeness (QED) is 0.203. The molecule has 0 saturated carbocycles. The molecule has 0 N–H and O–H groups in total. The van der Waals surface area contributed by atoms with Crippen LogP contribution in [0.15, 0.2) is 138 Å². The van der Waals surface area contributed by atoms with E-state index >= 15 is 0 Å². The first kappa shape index (κ1) is 25.2. The molecule has 0 bridgehead atoms. The molecule has 0 aliphatic carbocycles. The molecule has 0 saturated heterocycles. The van der Waals surface area contributed by atoms with Gasteiger partial charge in [0.15, 0.2) is 0 Å². The van der Waals surface area contributed by atoms with E-state index in [1.807, 2.05) is 72.8 Å². The van der Waals surface area contributed by atoms with Gasteiger partial charge in [0.05, 0.1) is 0 Å². The second-order valence-electron chi connectivity index (χ2n) is 8.36. The maximum atomic E-state index is 14.0. The molecule has 1 heterocycles. The van der Waals surface area contributed by atoms with Crippen LogP contribution in [0.3, 0.4) is 0 Å². The molecule has 0 aliphatic rings. The van der Waals surface area contributed by atoms with Crippen molar-refractivity contribution >= 4 is 36.0 Å². The van der Waals surface area contributed by atoms with Crippen molar-refractivity contribution in [3.05, 3.63) is 145 Å². The lowest BCUT2D eigenvalue weighted by Gasteiger charge is -2.19. The van der Waals surface area contributed by atoms with Crippen LogP contribution in [0.4, 0.5) is 0 Å². The molecule has 0 atom stereocenters. The summed E-state index contributed by atoms with van der Waals surface area (Å²) in [4.78, 5) is 0. The van der Waals surface area contributed by atoms with E-state index < -0.39 is 14.7 Å². The van der Waals surface area contributed by atoms with Crippen LogP contribution in [0.2, 0.25) is 0 Å². The summed E-state index contributed by atoms with van der Waals surface area (Å²) < 4.78 is 46.1. The van der Waals surface area contributed by atoms with Crippen LogP contribution in [0.5, 0.6) is 0 Å². The largest absolute Gasteiger partial charge is 0.461 e. The van der Waals surface area contributed by atoms with E-state index in [-0.39, 0.29) is 13.2 Å². The molecule has 4 aromatic carbocycles. The fourth-order valence-corrected chi connectivity index (χ4v) is 8.05. The molecule has 186 valence electrons. The topological polar surface area (TPSA) is 65.7 Å². The Morgan fingerprint density at radius 3 is 0.973 bits per heavy atom. The van der Waals surface area contributed by atoms with E-state index in [0.717, 1.165) is 0 Å². The van der Waals surface area contributed by atoms with Gasteiger partial charge in [-0.3, -0.25) is 9.13 Å². The molecule has 0 unspecified atom stereocenters. The summed E-state index contributed by atoms with van der Waals surface area (Å²) in [5.74, 6) is 1.000. The number of rotatable bonds is 10. The highest BCUT2D eigenvalue weighted by Crippen LogP contribution is 2.47. The molecule has 7 heteroatoms. The second kappa shape index (κ2) is 11.3. The third kappa shape index (κ3) is 5.61. The van der Waals surface area contributed by atoms with E-state index in [0.29, 0.717) is 32.7 Å². The third-order valence-corrected chi connectivity index (χ3v) is 10.8. The zero-order chi connectivity index (χ0) is 25.6. The van der Waals surface area contributed by atoms with Crippen LogP contribution >= 0.6 is 14.7 Å². The van der Waals surface area contributed by atoms with Gasteiger partial charge in [0, 0.05) is 21.2 Å². The summed E-state index contributed by atoms with van der Waals surface area (Å²) in [5.41, 5.74) is 0. The van der Waals surface area contributed by atoms with Gasteiger partial charge in [-0.25, -0.2) is 0 Å². The minimum atomic E-state index is -3.34. The Bertz CT molecular complexity index is 1320. The van der Waals surface area contributed by atoms with Gasteiger partial charge < -0.3 is 13.5 Å². The Balaban J connectivity index is 1.33. The molecule has 0 fully saturated rings. The van der Waals surface area contributed by atoms with E-state index in [2.05, 4.69) is 0 Å². The summed E-state index contributed by atoms with van der Waals surface area (Å²) >= 11 is 0. The molecule has 37 heavy (non-hydrogen) atoms. The molecule has 0 radical (unpaired) electrons. The van der Waals surface area contributed by atoms with E-state index in [9.17, 15) is 9.13 Å². The van der Waals surface area contributed by atoms with E-state index in [4.69, 9.17) is 13.5 Å². The average molecular weight is 528 g/mol. The Labute approximate surface area is 216 Å². The summed E-state index contributed by atoms with van der Waals surface area (Å²) in [6.07, 6.45) is 0. The van der Waals surface area contributed by atoms with Gasteiger partial charge in [-0.15, -0.1) is 0 Å². The van der Waals surface area contributed by atoms with Crippen LogP contribution in [-0.4, -0.2) is 0 Å². The van der Waals surface area contributed by atoms with Crippen LogP contribution in [-0.2, 0) is 31.4 Å². The average Bonchev–Trinajstić information content (AvgIpc) is 3.44. The smallest absolute Gasteiger partial charge is 0.261 e. The monoisotopic (exact) mass is 528 g/mol. The van der Waals surface area contributed by atoms with Crippen LogP contribution in [0.25, 0.3) is 0 Å². The molecule has 5 nitrogen and oxygen atoms in total. The van der Waals surface area contributed by atoms with Crippen LogP contribution < -0.4 is 21.2 Å². The predicted molar refractivity (Wildman–Crippen MR) is 148 cm³/mol. The lowest BCUT2D eigenvalue weighted by molar-refractivity contribution is 0.247. The Morgan fingerprint density at radius 2 is 0.703 bits per heavy atom. The Morgan fingerprint density at radius 1 is 0.432 bits per heavy atom. The van der Waals surface area contributed by atoms with Gasteiger partial charge in [0.25, 0.3) is 14.7 Å². The molecule has 5 rings (SSSR count). The summed E-state index contributed by atoms with van der Waals surface area (Å²) in [6, 6.07) is 40.2. The maximum Gasteiger partial charge on any atom is 0.261 e. The van der Waals surface area contributed by atoms with Crippen molar-refractivity contribution in [1.29, 1.82) is 0 Å². The first-order valence-corrected chi connectivity index (χ1v) is 15.1. The Kier molecular flexibility index (Phi) is 7.69. The number of furan rings is 1. The first-order valence-electron chi connectivity index (χ1n) is 11.9. The fourth-order valence-electron chi connectivity index (χ4n) is 3.98.